The van der Waals surface area contributed by atoms with Crippen molar-refractivity contribution < 1.29 is 27.1 Å². The van der Waals surface area contributed by atoms with E-state index in [1.54, 1.807) is 6.07 Å². The highest BCUT2D eigenvalue weighted by atomic mass is 32.2. The highest BCUT2D eigenvalue weighted by molar-refractivity contribution is 7.86. The Morgan fingerprint density at radius 3 is 2.61 bits per heavy atom. The van der Waals surface area contributed by atoms with Gasteiger partial charge in [-0.1, -0.05) is 0 Å². The van der Waals surface area contributed by atoms with Gasteiger partial charge in [0.15, 0.2) is 5.71 Å². The van der Waals surface area contributed by atoms with Crippen LogP contribution < -0.4 is 4.74 Å². The Morgan fingerprint density at radius 2 is 2.04 bits per heavy atom. The largest absolute Gasteiger partial charge is 0.429 e. The number of carbonyl (C=O) groups is 1. The second-order valence-corrected chi connectivity index (χ2v) is 8.20. The Kier molecular flexibility index (Phi) is 4.64. The van der Waals surface area contributed by atoms with Gasteiger partial charge in [0.05, 0.1) is 10.7 Å². The lowest BCUT2D eigenvalue weighted by Crippen LogP contribution is -2.28. The summed E-state index contributed by atoms with van der Waals surface area (Å²) >= 11 is 0. The summed E-state index contributed by atoms with van der Waals surface area (Å²) in [5.74, 6) is 0.479. The molecular formula is C16H22NO5S+. The second-order valence-electron chi connectivity index (χ2n) is 6.37. The number of nitrogens with zero attached hydrogens (tertiary/aromatic N) is 1. The lowest BCUT2D eigenvalue weighted by molar-refractivity contribution is -0.439. The topological polar surface area (TPSA) is 83.7 Å². The van der Waals surface area contributed by atoms with Gasteiger partial charge in [-0.05, 0) is 32.9 Å². The van der Waals surface area contributed by atoms with Crippen molar-refractivity contribution in [3.63, 3.8) is 0 Å². The first-order valence-electron chi connectivity index (χ1n) is 7.41. The van der Waals surface area contributed by atoms with Crippen LogP contribution in [0.25, 0.3) is 0 Å². The van der Waals surface area contributed by atoms with Gasteiger partial charge in [-0.3, -0.25) is 9.35 Å². The van der Waals surface area contributed by atoms with Crippen LogP contribution in [0.15, 0.2) is 18.2 Å². The fourth-order valence-corrected chi connectivity index (χ4v) is 3.24. The van der Waals surface area contributed by atoms with Crippen LogP contribution >= 0.6 is 0 Å². The number of carbonyl (C=O) groups excluding carboxylic acids is 1. The zero-order valence-electron chi connectivity index (χ0n) is 13.7. The average Bonchev–Trinajstić information content (AvgIpc) is 2.64. The van der Waals surface area contributed by atoms with Crippen molar-refractivity contribution >= 4 is 28.0 Å². The average molecular weight is 340 g/mol. The number of benzene rings is 1. The van der Waals surface area contributed by atoms with Gasteiger partial charge < -0.3 is 4.74 Å². The zero-order valence-corrected chi connectivity index (χ0v) is 14.6. The molecule has 1 aliphatic rings. The molecule has 6 nitrogen and oxygen atoms in total. The first-order chi connectivity index (χ1) is 10.6. The second kappa shape index (κ2) is 6.05. The number of ether oxygens (including phenoxy) is 1. The molecule has 0 radical (unpaired) electrons. The predicted octanol–water partition coefficient (Wildman–Crippen LogP) is 2.28. The molecule has 0 spiro atoms. The number of fused-ring (bicyclic) bond motifs is 1. The van der Waals surface area contributed by atoms with Gasteiger partial charge in [0, 0.05) is 25.0 Å². The summed E-state index contributed by atoms with van der Waals surface area (Å²) in [5.41, 5.74) is 2.82. The highest BCUT2D eigenvalue weighted by Gasteiger charge is 2.43. The van der Waals surface area contributed by atoms with Crippen molar-refractivity contribution in [3.05, 3.63) is 23.8 Å². The molecule has 1 aromatic carbocycles. The van der Waals surface area contributed by atoms with Gasteiger partial charge in [0.2, 0.25) is 5.69 Å². The van der Waals surface area contributed by atoms with Gasteiger partial charge in [-0.25, -0.2) is 0 Å². The van der Waals surface area contributed by atoms with E-state index in [2.05, 4.69) is 18.4 Å². The third-order valence-electron chi connectivity index (χ3n) is 4.69. The molecule has 1 aromatic rings. The maximum Gasteiger partial charge on any atom is 0.298 e. The molecule has 1 atom stereocenters. The number of hydrogen-bond donors (Lipinski definition) is 1. The van der Waals surface area contributed by atoms with Crippen molar-refractivity contribution in [1.29, 1.82) is 0 Å². The minimum atomic E-state index is -4.03. The zero-order chi connectivity index (χ0) is 17.4. The summed E-state index contributed by atoms with van der Waals surface area (Å²) in [6, 6.07) is 5.41. The minimum Gasteiger partial charge on any atom is -0.429 e. The van der Waals surface area contributed by atoms with E-state index in [-0.39, 0.29) is 5.41 Å². The van der Waals surface area contributed by atoms with Gasteiger partial charge >= 0.3 is 0 Å². The minimum absolute atomic E-state index is 0.251. The van der Waals surface area contributed by atoms with Crippen LogP contribution in [-0.2, 0) is 20.3 Å². The van der Waals surface area contributed by atoms with Crippen LogP contribution in [0, 0.1) is 0 Å². The van der Waals surface area contributed by atoms with Crippen molar-refractivity contribution in [2.45, 2.75) is 44.8 Å². The summed E-state index contributed by atoms with van der Waals surface area (Å²) in [6.07, 6.45) is 0.318. The Morgan fingerprint density at radius 1 is 1.39 bits per heavy atom. The van der Waals surface area contributed by atoms with E-state index in [0.717, 1.165) is 17.0 Å². The van der Waals surface area contributed by atoms with Crippen molar-refractivity contribution in [2.24, 2.45) is 0 Å². The van der Waals surface area contributed by atoms with E-state index in [0.29, 0.717) is 25.2 Å². The third kappa shape index (κ3) is 3.30. The fraction of sp³-hybridized carbons (Fsp3) is 0.500. The first-order valence-corrected chi connectivity index (χ1v) is 8.92. The standard InChI is InChI=1S/C16H21NO5S/c1-11(23(19,20)21)7-8-17-12(2)16(3,4)14-9-13(22-10-18)5-6-15(14)17/h5-6,9-11H,7-8H2,1-4H3/p+1. The van der Waals surface area contributed by atoms with Crippen LogP contribution in [-0.4, -0.2) is 41.5 Å². The summed E-state index contributed by atoms with van der Waals surface area (Å²) in [7, 11) is -4.03. The number of hydrogen-bond acceptors (Lipinski definition) is 4. The Labute approximate surface area is 136 Å². The molecule has 1 aliphatic heterocycles. The summed E-state index contributed by atoms with van der Waals surface area (Å²) in [4.78, 5) is 10.5. The fourth-order valence-electron chi connectivity index (χ4n) is 2.84. The van der Waals surface area contributed by atoms with E-state index in [1.807, 2.05) is 19.1 Å². The van der Waals surface area contributed by atoms with Gasteiger partial charge in [-0.15, -0.1) is 0 Å². The van der Waals surface area contributed by atoms with E-state index < -0.39 is 15.4 Å². The molecule has 7 heteroatoms. The third-order valence-corrected chi connectivity index (χ3v) is 5.95. The van der Waals surface area contributed by atoms with E-state index in [1.165, 1.54) is 6.92 Å². The molecule has 1 heterocycles. The smallest absolute Gasteiger partial charge is 0.298 e. The molecule has 1 N–H and O–H groups in total. The quantitative estimate of drug-likeness (QED) is 0.488. The van der Waals surface area contributed by atoms with Crippen LogP contribution in [0.4, 0.5) is 5.69 Å². The van der Waals surface area contributed by atoms with E-state index >= 15 is 0 Å². The molecule has 0 bridgehead atoms. The van der Waals surface area contributed by atoms with Gasteiger partial charge in [-0.2, -0.15) is 13.0 Å². The first kappa shape index (κ1) is 17.6. The van der Waals surface area contributed by atoms with E-state index in [9.17, 15) is 13.2 Å². The van der Waals surface area contributed by atoms with Crippen LogP contribution in [0.5, 0.6) is 5.75 Å². The summed E-state index contributed by atoms with van der Waals surface area (Å²) in [6.45, 7) is 8.51. The summed E-state index contributed by atoms with van der Waals surface area (Å²) in [5, 5.41) is -0.819. The lowest BCUT2D eigenvalue weighted by atomic mass is 9.82. The molecule has 1 unspecified atom stereocenters. The van der Waals surface area contributed by atoms with Crippen LogP contribution in [0.2, 0.25) is 0 Å². The SMILES string of the molecule is CC1=[N+](CCC(C)S(=O)(=O)O)c2ccc(OC=O)cc2C1(C)C. The molecule has 0 aliphatic carbocycles. The molecule has 0 amide bonds. The Balaban J connectivity index is 2.35. The van der Waals surface area contributed by atoms with E-state index in [4.69, 9.17) is 9.29 Å². The molecule has 0 aromatic heterocycles. The van der Waals surface area contributed by atoms with Crippen molar-refractivity contribution in [3.8, 4) is 5.75 Å². The monoisotopic (exact) mass is 340 g/mol. The maximum absolute atomic E-state index is 11.2. The molecule has 0 saturated heterocycles. The Bertz CT molecular complexity index is 765. The normalized spacial score (nSPS) is 17.8. The lowest BCUT2D eigenvalue weighted by Gasteiger charge is -2.15. The molecule has 126 valence electrons. The predicted molar refractivity (Wildman–Crippen MR) is 87.3 cm³/mol. The molecule has 23 heavy (non-hydrogen) atoms. The Hall–Kier alpha value is -1.73. The molecule has 0 saturated carbocycles. The maximum atomic E-state index is 11.2. The molecule has 2 rings (SSSR count). The summed E-state index contributed by atoms with van der Waals surface area (Å²) < 4.78 is 38.5. The van der Waals surface area contributed by atoms with Crippen LogP contribution in [0.1, 0.15) is 39.7 Å². The number of rotatable bonds is 6. The van der Waals surface area contributed by atoms with Gasteiger partial charge in [0.1, 0.15) is 12.3 Å². The van der Waals surface area contributed by atoms with Crippen LogP contribution in [0.3, 0.4) is 0 Å². The van der Waals surface area contributed by atoms with Crippen molar-refractivity contribution in [2.75, 3.05) is 6.54 Å². The van der Waals surface area contributed by atoms with Gasteiger partial charge in [0.25, 0.3) is 16.6 Å². The molecule has 0 fully saturated rings. The van der Waals surface area contributed by atoms with Crippen molar-refractivity contribution in [1.82, 2.24) is 0 Å². The molecular weight excluding hydrogens is 318 g/mol. The highest BCUT2D eigenvalue weighted by Crippen LogP contribution is 2.41.